The van der Waals surface area contributed by atoms with Gasteiger partial charge in [-0.3, -0.25) is 4.79 Å². The van der Waals surface area contributed by atoms with Crippen LogP contribution >= 0.6 is 23.4 Å². The second-order valence-electron chi connectivity index (χ2n) is 5.51. The van der Waals surface area contributed by atoms with Crippen LogP contribution in [0.3, 0.4) is 0 Å². The number of carbonyl (C=O) groups excluding carboxylic acids is 1. The Morgan fingerprint density at radius 2 is 2.07 bits per heavy atom. The van der Waals surface area contributed by atoms with Gasteiger partial charge in [-0.25, -0.2) is 9.97 Å². The molecule has 0 aliphatic rings. The molecule has 2 aromatic heterocycles. The van der Waals surface area contributed by atoms with Crippen LogP contribution in [0.2, 0.25) is 5.02 Å². The van der Waals surface area contributed by atoms with E-state index in [-0.39, 0.29) is 33.8 Å². The predicted molar refractivity (Wildman–Crippen MR) is 98.4 cm³/mol. The van der Waals surface area contributed by atoms with Crippen LogP contribution in [0.25, 0.3) is 5.82 Å². The summed E-state index contributed by atoms with van der Waals surface area (Å²) in [5.74, 6) is 0.0960. The number of halogens is 4. The molecular weight excluding hydrogens is 429 g/mol. The van der Waals surface area contributed by atoms with Gasteiger partial charge in [-0.2, -0.15) is 28.2 Å². The fraction of sp³-hybridized carbons (Fsp3) is 0.118. The van der Waals surface area contributed by atoms with Crippen molar-refractivity contribution in [2.24, 2.45) is 0 Å². The Morgan fingerprint density at radius 3 is 2.72 bits per heavy atom. The van der Waals surface area contributed by atoms with Gasteiger partial charge in [0.05, 0.1) is 12.1 Å². The first-order valence-electron chi connectivity index (χ1n) is 7.85. The molecule has 3 rings (SSSR count). The van der Waals surface area contributed by atoms with Gasteiger partial charge in [-0.15, -0.1) is 0 Å². The predicted octanol–water partition coefficient (Wildman–Crippen LogP) is 3.73. The molecule has 0 fully saturated rings. The molecule has 7 nitrogen and oxygen atoms in total. The third kappa shape index (κ3) is 5.46. The van der Waals surface area contributed by atoms with Gasteiger partial charge in [0, 0.05) is 21.7 Å². The summed E-state index contributed by atoms with van der Waals surface area (Å²) >= 11 is 5.48. The molecule has 0 radical (unpaired) electrons. The number of thioether (sulfide) groups is 1. The summed E-state index contributed by atoms with van der Waals surface area (Å²) in [7, 11) is 0. The number of aromatic nitrogens is 4. The number of nitrogens with one attached hydrogen (secondary N) is 1. The molecule has 1 N–H and O–H groups in total. The van der Waals surface area contributed by atoms with E-state index >= 15 is 0 Å². The fourth-order valence-corrected chi connectivity index (χ4v) is 3.24. The second-order valence-corrected chi connectivity index (χ2v) is 7.09. The first-order valence-corrected chi connectivity index (χ1v) is 9.04. The Bertz CT molecular complexity index is 1080. The standard InChI is InChI=1S/C17H10ClF3N6OS/c18-12-3-11(4-13(5-12)29-17(19,20)21)16(28)24-8-15-25-9-26-27(15)14-2-1-10(6-22)7-23-14/h1-5,7,9H,8H2,(H,24,28). The third-order valence-electron chi connectivity index (χ3n) is 3.49. The van der Waals surface area contributed by atoms with E-state index in [0.29, 0.717) is 17.2 Å². The van der Waals surface area contributed by atoms with E-state index in [9.17, 15) is 18.0 Å². The monoisotopic (exact) mass is 438 g/mol. The van der Waals surface area contributed by atoms with Gasteiger partial charge in [-0.1, -0.05) is 11.6 Å². The number of alkyl halides is 3. The summed E-state index contributed by atoms with van der Waals surface area (Å²) in [5.41, 5.74) is -4.15. The van der Waals surface area contributed by atoms with Crippen molar-refractivity contribution in [3.8, 4) is 11.9 Å². The van der Waals surface area contributed by atoms with Crippen LogP contribution in [-0.2, 0) is 6.54 Å². The topological polar surface area (TPSA) is 96.5 Å². The first-order chi connectivity index (χ1) is 13.7. The van der Waals surface area contributed by atoms with Gasteiger partial charge < -0.3 is 5.32 Å². The molecule has 0 atom stereocenters. The Balaban J connectivity index is 1.73. The van der Waals surface area contributed by atoms with Gasteiger partial charge in [0.25, 0.3) is 5.91 Å². The summed E-state index contributed by atoms with van der Waals surface area (Å²) in [6.45, 7) is -0.0607. The molecule has 1 amide bonds. The van der Waals surface area contributed by atoms with E-state index in [0.717, 1.165) is 12.1 Å². The molecule has 0 spiro atoms. The van der Waals surface area contributed by atoms with Crippen molar-refractivity contribution in [1.82, 2.24) is 25.1 Å². The molecule has 0 unspecified atom stereocenters. The number of hydrogen-bond donors (Lipinski definition) is 1. The molecule has 148 valence electrons. The van der Waals surface area contributed by atoms with Crippen LogP contribution in [0, 0.1) is 11.3 Å². The minimum absolute atomic E-state index is 0.00866. The van der Waals surface area contributed by atoms with Gasteiger partial charge >= 0.3 is 5.51 Å². The lowest BCUT2D eigenvalue weighted by atomic mass is 10.2. The zero-order valence-corrected chi connectivity index (χ0v) is 15.9. The fourth-order valence-electron chi connectivity index (χ4n) is 2.30. The van der Waals surface area contributed by atoms with E-state index in [1.807, 2.05) is 6.07 Å². The van der Waals surface area contributed by atoms with Crippen molar-refractivity contribution < 1.29 is 18.0 Å². The highest BCUT2D eigenvalue weighted by molar-refractivity contribution is 8.00. The highest BCUT2D eigenvalue weighted by Gasteiger charge is 2.29. The summed E-state index contributed by atoms with van der Waals surface area (Å²) in [5, 5.41) is 15.4. The second kappa shape index (κ2) is 8.50. The number of amides is 1. The molecule has 2 heterocycles. The van der Waals surface area contributed by atoms with Crippen molar-refractivity contribution in [3.05, 3.63) is 64.8 Å². The SMILES string of the molecule is N#Cc1ccc(-n2ncnc2CNC(=O)c2cc(Cl)cc(SC(F)(F)F)c2)nc1. The molecule has 29 heavy (non-hydrogen) atoms. The molecule has 3 aromatic rings. The average molecular weight is 439 g/mol. The largest absolute Gasteiger partial charge is 0.446 e. The highest BCUT2D eigenvalue weighted by atomic mass is 35.5. The van der Waals surface area contributed by atoms with Crippen LogP contribution in [0.1, 0.15) is 21.7 Å². The van der Waals surface area contributed by atoms with Crippen LogP contribution in [0.15, 0.2) is 47.8 Å². The molecule has 12 heteroatoms. The normalized spacial score (nSPS) is 11.1. The van der Waals surface area contributed by atoms with Crippen LogP contribution < -0.4 is 5.32 Å². The zero-order chi connectivity index (χ0) is 21.0. The van der Waals surface area contributed by atoms with Gasteiger partial charge in [0.2, 0.25) is 0 Å². The molecule has 0 saturated heterocycles. The number of benzene rings is 1. The molecule has 0 bridgehead atoms. The van der Waals surface area contributed by atoms with E-state index in [1.54, 1.807) is 12.1 Å². The van der Waals surface area contributed by atoms with Crippen LogP contribution in [0.5, 0.6) is 0 Å². The number of nitrogens with zero attached hydrogens (tertiary/aromatic N) is 5. The van der Waals surface area contributed by atoms with Crippen molar-refractivity contribution in [1.29, 1.82) is 5.26 Å². The van der Waals surface area contributed by atoms with E-state index in [1.165, 1.54) is 23.3 Å². The van der Waals surface area contributed by atoms with E-state index in [2.05, 4.69) is 20.4 Å². The van der Waals surface area contributed by atoms with Crippen LogP contribution in [0.4, 0.5) is 13.2 Å². The summed E-state index contributed by atoms with van der Waals surface area (Å²) in [6.07, 6.45) is 2.63. The maximum Gasteiger partial charge on any atom is 0.446 e. The number of pyridine rings is 1. The number of nitriles is 1. The molecule has 1 aromatic carbocycles. The number of carbonyl (C=O) groups is 1. The van der Waals surface area contributed by atoms with Gasteiger partial charge in [-0.05, 0) is 42.1 Å². The van der Waals surface area contributed by atoms with Gasteiger partial charge in [0.15, 0.2) is 11.6 Å². The molecule has 0 saturated carbocycles. The maximum atomic E-state index is 12.6. The van der Waals surface area contributed by atoms with Crippen molar-refractivity contribution in [2.75, 3.05) is 0 Å². The zero-order valence-electron chi connectivity index (χ0n) is 14.3. The molecule has 0 aliphatic carbocycles. The highest BCUT2D eigenvalue weighted by Crippen LogP contribution is 2.38. The van der Waals surface area contributed by atoms with Crippen molar-refractivity contribution in [2.45, 2.75) is 16.9 Å². The molecule has 0 aliphatic heterocycles. The van der Waals surface area contributed by atoms with Crippen molar-refractivity contribution in [3.63, 3.8) is 0 Å². The average Bonchev–Trinajstić information content (AvgIpc) is 3.13. The Labute approximate surface area is 171 Å². The van der Waals surface area contributed by atoms with Crippen molar-refractivity contribution >= 4 is 29.3 Å². The summed E-state index contributed by atoms with van der Waals surface area (Å²) in [6, 6.07) is 8.57. The number of rotatable bonds is 5. The Hall–Kier alpha value is -3.10. The smallest absolute Gasteiger partial charge is 0.345 e. The number of hydrogen-bond acceptors (Lipinski definition) is 6. The molecular formula is C17H10ClF3N6OS. The minimum atomic E-state index is -4.50. The summed E-state index contributed by atoms with van der Waals surface area (Å²) in [4.78, 5) is 20.3. The van der Waals surface area contributed by atoms with E-state index in [4.69, 9.17) is 16.9 Å². The third-order valence-corrected chi connectivity index (χ3v) is 4.41. The van der Waals surface area contributed by atoms with Gasteiger partial charge in [0.1, 0.15) is 12.4 Å². The lowest BCUT2D eigenvalue weighted by Crippen LogP contribution is -2.25. The quantitative estimate of drug-likeness (QED) is 0.610. The lowest BCUT2D eigenvalue weighted by Gasteiger charge is -2.10. The summed E-state index contributed by atoms with van der Waals surface area (Å²) < 4.78 is 39.1. The Kier molecular flexibility index (Phi) is 6.05. The van der Waals surface area contributed by atoms with Crippen LogP contribution in [-0.4, -0.2) is 31.2 Å². The lowest BCUT2D eigenvalue weighted by molar-refractivity contribution is -0.0328. The first kappa shape index (κ1) is 20.6. The van der Waals surface area contributed by atoms with E-state index < -0.39 is 11.4 Å². The maximum absolute atomic E-state index is 12.6. The Morgan fingerprint density at radius 1 is 1.28 bits per heavy atom. The minimum Gasteiger partial charge on any atom is -0.345 e.